The Labute approximate surface area is 184 Å². The van der Waals surface area contributed by atoms with Gasteiger partial charge in [-0.15, -0.1) is 0 Å². The second kappa shape index (κ2) is 10.1. The summed E-state index contributed by atoms with van der Waals surface area (Å²) in [6.45, 7) is 11.4. The van der Waals surface area contributed by atoms with Crippen LogP contribution in [0.15, 0.2) is 41.6 Å². The van der Waals surface area contributed by atoms with Crippen molar-refractivity contribution >= 4 is 23.4 Å². The van der Waals surface area contributed by atoms with Crippen molar-refractivity contribution in [2.45, 2.75) is 38.8 Å². The van der Waals surface area contributed by atoms with E-state index in [0.29, 0.717) is 6.54 Å². The molecule has 2 fully saturated rings. The van der Waals surface area contributed by atoms with Crippen LogP contribution in [0.5, 0.6) is 0 Å². The van der Waals surface area contributed by atoms with Crippen LogP contribution in [0.25, 0.3) is 0 Å². The highest BCUT2D eigenvalue weighted by Gasteiger charge is 2.23. The lowest BCUT2D eigenvalue weighted by molar-refractivity contribution is -0.127. The lowest BCUT2D eigenvalue weighted by atomic mass is 10.1. The number of pyridine rings is 1. The van der Waals surface area contributed by atoms with Gasteiger partial charge >= 0.3 is 0 Å². The Morgan fingerprint density at radius 2 is 2.10 bits per heavy atom. The van der Waals surface area contributed by atoms with Crippen molar-refractivity contribution in [3.8, 4) is 0 Å². The molecule has 3 aliphatic heterocycles. The van der Waals surface area contributed by atoms with Crippen molar-refractivity contribution in [3.63, 3.8) is 0 Å². The van der Waals surface area contributed by atoms with Gasteiger partial charge in [0, 0.05) is 51.4 Å². The number of amidine groups is 1. The third-order valence-corrected chi connectivity index (χ3v) is 5.81. The average molecular weight is 425 g/mol. The molecule has 166 valence electrons. The van der Waals surface area contributed by atoms with Crippen molar-refractivity contribution in [2.24, 2.45) is 4.99 Å². The highest BCUT2D eigenvalue weighted by Crippen LogP contribution is 2.22. The summed E-state index contributed by atoms with van der Waals surface area (Å²) in [6, 6.07) is 4.39. The Hall–Kier alpha value is -2.71. The number of rotatable bonds is 6. The van der Waals surface area contributed by atoms with E-state index in [4.69, 9.17) is 9.72 Å². The minimum atomic E-state index is -0.00926. The van der Waals surface area contributed by atoms with Gasteiger partial charge in [-0.2, -0.15) is 0 Å². The number of hydrogen-bond donors (Lipinski definition) is 2. The zero-order valence-electron chi connectivity index (χ0n) is 18.3. The maximum Gasteiger partial charge on any atom is 0.246 e. The molecule has 0 spiro atoms. The predicted octanol–water partition coefficient (Wildman–Crippen LogP) is 2.62. The summed E-state index contributed by atoms with van der Waals surface area (Å²) in [4.78, 5) is 25.5. The quantitative estimate of drug-likeness (QED) is 0.683. The number of carbonyl (C=O) groups is 1. The first-order chi connectivity index (χ1) is 15.1. The number of piperidine rings is 1. The van der Waals surface area contributed by atoms with Crippen LogP contribution < -0.4 is 10.6 Å². The number of hydrogen-bond acceptors (Lipinski definition) is 7. The normalized spacial score (nSPS) is 22.0. The van der Waals surface area contributed by atoms with Crippen LogP contribution in [0.4, 0.5) is 11.6 Å². The molecule has 0 aliphatic carbocycles. The molecule has 8 nitrogen and oxygen atoms in total. The molecule has 31 heavy (non-hydrogen) atoms. The molecule has 2 N–H and O–H groups in total. The lowest BCUT2D eigenvalue weighted by Gasteiger charge is -2.33. The molecule has 2 saturated heterocycles. The van der Waals surface area contributed by atoms with E-state index in [9.17, 15) is 4.79 Å². The van der Waals surface area contributed by atoms with E-state index in [-0.39, 0.29) is 11.9 Å². The number of anilines is 2. The third kappa shape index (κ3) is 5.92. The van der Waals surface area contributed by atoms with Gasteiger partial charge in [-0.05, 0) is 49.1 Å². The highest BCUT2D eigenvalue weighted by atomic mass is 16.5. The number of ether oxygens (including phenoxy) is 1. The van der Waals surface area contributed by atoms with E-state index in [1.54, 1.807) is 0 Å². The number of nitrogens with one attached hydrogen (secondary N) is 2. The smallest absolute Gasteiger partial charge is 0.246 e. The van der Waals surface area contributed by atoms with Gasteiger partial charge in [-0.3, -0.25) is 9.69 Å². The van der Waals surface area contributed by atoms with E-state index < -0.39 is 0 Å². The molecule has 4 rings (SSSR count). The van der Waals surface area contributed by atoms with Crippen molar-refractivity contribution < 1.29 is 9.53 Å². The fraction of sp³-hybridized carbons (Fsp3) is 0.522. The van der Waals surface area contributed by atoms with Crippen LogP contribution in [0, 0.1) is 0 Å². The van der Waals surface area contributed by atoms with E-state index in [1.807, 2.05) is 11.1 Å². The van der Waals surface area contributed by atoms with Crippen LogP contribution in [-0.2, 0) is 16.1 Å². The van der Waals surface area contributed by atoms with Gasteiger partial charge < -0.3 is 20.3 Å². The Balaban J connectivity index is 1.49. The Morgan fingerprint density at radius 3 is 2.84 bits per heavy atom. The Morgan fingerprint density at radius 1 is 1.29 bits per heavy atom. The van der Waals surface area contributed by atoms with Crippen LogP contribution in [0.2, 0.25) is 0 Å². The Kier molecular flexibility index (Phi) is 6.99. The zero-order valence-corrected chi connectivity index (χ0v) is 18.3. The molecule has 0 unspecified atom stereocenters. The fourth-order valence-electron chi connectivity index (χ4n) is 4.24. The van der Waals surface area contributed by atoms with Crippen LogP contribution in [-0.4, -0.2) is 72.0 Å². The molecule has 3 aliphatic rings. The minimum absolute atomic E-state index is 0.00926. The fourth-order valence-corrected chi connectivity index (χ4v) is 4.24. The highest BCUT2D eigenvalue weighted by molar-refractivity contribution is 5.98. The molecule has 1 atom stereocenters. The molecule has 0 radical (unpaired) electrons. The molecule has 4 heterocycles. The molecule has 1 amide bonds. The van der Waals surface area contributed by atoms with E-state index in [2.05, 4.69) is 46.2 Å². The number of amides is 1. The molecule has 0 saturated carbocycles. The Bertz CT molecular complexity index is 875. The molecular formula is C23H32N6O2. The van der Waals surface area contributed by atoms with Gasteiger partial charge in [0.1, 0.15) is 17.5 Å². The molecule has 0 bridgehead atoms. The van der Waals surface area contributed by atoms with Gasteiger partial charge in [0.05, 0.1) is 13.2 Å². The monoisotopic (exact) mass is 424 g/mol. The van der Waals surface area contributed by atoms with Crippen molar-refractivity contribution in [1.29, 1.82) is 0 Å². The summed E-state index contributed by atoms with van der Waals surface area (Å²) >= 11 is 0. The number of nitrogens with zero attached hydrogens (tertiary/aromatic N) is 4. The molecule has 1 aromatic heterocycles. The van der Waals surface area contributed by atoms with Gasteiger partial charge in [-0.25, -0.2) is 9.98 Å². The lowest BCUT2D eigenvalue weighted by Crippen LogP contribution is -2.44. The molecule has 8 heteroatoms. The SMILES string of the molecule is C=CC(=O)N1CCC[C@H](Nc2cc(CN3CCOCC3)cc(NC3=NC=C(C)C3)n2)C1. The third-order valence-electron chi connectivity index (χ3n) is 5.81. The minimum Gasteiger partial charge on any atom is -0.379 e. The summed E-state index contributed by atoms with van der Waals surface area (Å²) in [5, 5.41) is 6.95. The first kappa shape index (κ1) is 21.5. The van der Waals surface area contributed by atoms with Crippen LogP contribution in [0.3, 0.4) is 0 Å². The number of likely N-dealkylation sites (tertiary alicyclic amines) is 1. The predicted molar refractivity (Wildman–Crippen MR) is 123 cm³/mol. The average Bonchev–Trinajstić information content (AvgIpc) is 3.18. The maximum atomic E-state index is 12.0. The summed E-state index contributed by atoms with van der Waals surface area (Å²) in [7, 11) is 0. The number of carbonyl (C=O) groups excluding carboxylic acids is 1. The second-order valence-electron chi connectivity index (χ2n) is 8.46. The summed E-state index contributed by atoms with van der Waals surface area (Å²) < 4.78 is 5.48. The van der Waals surface area contributed by atoms with Crippen LogP contribution >= 0.6 is 0 Å². The summed E-state index contributed by atoms with van der Waals surface area (Å²) in [5.41, 5.74) is 2.43. The van der Waals surface area contributed by atoms with Crippen molar-refractivity contribution in [2.75, 3.05) is 50.0 Å². The number of morpholine rings is 1. The molecule has 1 aromatic rings. The van der Waals surface area contributed by atoms with Gasteiger partial charge in [0.25, 0.3) is 0 Å². The van der Waals surface area contributed by atoms with E-state index in [0.717, 1.165) is 76.1 Å². The first-order valence-electron chi connectivity index (χ1n) is 11.1. The molecule has 0 aromatic carbocycles. The standard InChI is InChI=1S/C23H32N6O2/c1-3-23(30)29-6-4-5-19(16-29)25-21-12-18(15-28-7-9-31-10-8-28)13-22(27-21)26-20-11-17(2)14-24-20/h3,12-14,19H,1,4-11,15-16H2,2H3,(H2,24,25,26,27)/t19-/m0/s1. The van der Waals surface area contributed by atoms with Gasteiger partial charge in [0.2, 0.25) is 5.91 Å². The number of aromatic nitrogens is 1. The molecular weight excluding hydrogens is 392 g/mol. The van der Waals surface area contributed by atoms with E-state index >= 15 is 0 Å². The summed E-state index contributed by atoms with van der Waals surface area (Å²) in [5.74, 6) is 2.53. The maximum absolute atomic E-state index is 12.0. The van der Waals surface area contributed by atoms with Crippen molar-refractivity contribution in [1.82, 2.24) is 14.8 Å². The first-order valence-corrected chi connectivity index (χ1v) is 11.1. The zero-order chi connectivity index (χ0) is 21.6. The van der Waals surface area contributed by atoms with E-state index in [1.165, 1.54) is 17.2 Å². The van der Waals surface area contributed by atoms with Gasteiger partial charge in [-0.1, -0.05) is 6.58 Å². The van der Waals surface area contributed by atoms with Crippen LogP contribution in [0.1, 0.15) is 31.7 Å². The summed E-state index contributed by atoms with van der Waals surface area (Å²) in [6.07, 6.45) is 6.09. The topological polar surface area (TPSA) is 82.1 Å². The van der Waals surface area contributed by atoms with Crippen molar-refractivity contribution in [3.05, 3.63) is 42.1 Å². The van der Waals surface area contributed by atoms with Gasteiger partial charge in [0.15, 0.2) is 0 Å². The second-order valence-corrected chi connectivity index (χ2v) is 8.46. The number of aliphatic imine (C=N–C) groups is 1. The largest absolute Gasteiger partial charge is 0.379 e.